The molecule has 32 heteroatoms. The molecule has 5 heterocycles. The Kier molecular flexibility index (Phi) is 27.4. The molecule has 9 N–H and O–H groups in total. The summed E-state index contributed by atoms with van der Waals surface area (Å²) in [5.41, 5.74) is 16.8. The van der Waals surface area contributed by atoms with Crippen LogP contribution in [0.3, 0.4) is 0 Å². The van der Waals surface area contributed by atoms with Gasteiger partial charge >= 0.3 is 18.1 Å². The molecule has 3 aromatic carbocycles. The number of hydrogen-bond acceptors (Lipinski definition) is 22. The lowest BCUT2D eigenvalue weighted by molar-refractivity contribution is -0.248. The Labute approximate surface area is 654 Å². The number of nitrogens with two attached hydrogens (primary N) is 2. The predicted octanol–water partition coefficient (Wildman–Crippen LogP) is 7.44. The molecule has 3 aromatic heterocycles. The van der Waals surface area contributed by atoms with Gasteiger partial charge in [0, 0.05) is 93.7 Å². The van der Waals surface area contributed by atoms with Gasteiger partial charge < -0.3 is 70.7 Å². The summed E-state index contributed by atoms with van der Waals surface area (Å²) in [7, 11) is 1.64. The van der Waals surface area contributed by atoms with E-state index in [4.69, 9.17) is 50.0 Å². The lowest BCUT2D eigenvalue weighted by Gasteiger charge is -2.69. The van der Waals surface area contributed by atoms with Crippen LogP contribution in [-0.2, 0) is 83.3 Å². The number of carboxylic acids is 1. The summed E-state index contributed by atoms with van der Waals surface area (Å²) in [6.45, 7) is 14.3. The molecular formula is C80H102N14O17S. The van der Waals surface area contributed by atoms with E-state index in [1.54, 1.807) is 45.3 Å². The van der Waals surface area contributed by atoms with E-state index in [2.05, 4.69) is 40.1 Å². The van der Waals surface area contributed by atoms with Gasteiger partial charge in [-0.2, -0.15) is 5.10 Å². The maximum atomic E-state index is 14.2. The fraction of sp³-hybridized carbons (Fsp3) is 0.512. The van der Waals surface area contributed by atoms with Gasteiger partial charge in [-0.1, -0.05) is 75.4 Å². The first-order valence-corrected chi connectivity index (χ1v) is 38.9. The molecule has 6 aromatic rings. The molecule has 2 aliphatic heterocycles. The van der Waals surface area contributed by atoms with Crippen LogP contribution in [0, 0.1) is 29.1 Å². The molecule has 4 aliphatic carbocycles. The summed E-state index contributed by atoms with van der Waals surface area (Å²) in [6, 6.07) is 19.8. The quantitative estimate of drug-likeness (QED) is 0.0145. The number of urea groups is 1. The van der Waals surface area contributed by atoms with Crippen molar-refractivity contribution in [3.05, 3.63) is 131 Å². The Bertz CT molecular complexity index is 4400. The van der Waals surface area contributed by atoms with Crippen molar-refractivity contribution >= 4 is 97.6 Å². The number of benzene rings is 3. The van der Waals surface area contributed by atoms with Crippen LogP contribution in [0.5, 0.6) is 0 Å². The average molecular weight is 1560 g/mol. The Hall–Kier alpha value is -10.1. The standard InChI is InChI=1S/C80H102N14O17S/c1-51(2)68(88-65(96)26-32-106-35-37-108-39-40-109-38-36-107-33-28-83-64(95)25-30-92-66(97)22-23-67(92)98)71(100)85-61(14-10-27-81)72(101)94(74(82)104)55-18-16-53(17-19-55)43-110-76(105)90(6)31-34-111-80-47-77(4)44-78(5,48-80)46-79(45-77,49-80)50-93-52(3)58(41-84-93)56-20-21-63(87-69(56)73(102)103)91-29-24-54-11-9-12-57(59(54)42-91)70(99)89-75-86-60-13-7-8-15-62(60)112-75/h7-9,11-13,15-23,41,51,61,68H,10,14,24-40,42-50,81H2,1-6H3,(H2,82,104)(H,83,95)(H,85,100)(H,88,96)(H,102,103)(H,86,89,99)/t61-,68-,77?,78?,79?,80?/m0/s1. The van der Waals surface area contributed by atoms with Crippen molar-refractivity contribution in [2.75, 3.05) is 114 Å². The first-order chi connectivity index (χ1) is 53.6. The third-order valence-electron chi connectivity index (χ3n) is 21.3. The van der Waals surface area contributed by atoms with E-state index in [-0.39, 0.29) is 138 Å². The van der Waals surface area contributed by atoms with Gasteiger partial charge in [-0.15, -0.1) is 0 Å². The monoisotopic (exact) mass is 1560 g/mol. The first-order valence-electron chi connectivity index (χ1n) is 38.1. The van der Waals surface area contributed by atoms with Crippen LogP contribution in [0.15, 0.2) is 97.2 Å². The van der Waals surface area contributed by atoms with Crippen LogP contribution in [0.4, 0.5) is 26.2 Å². The number of carbonyl (C=O) groups excluding carboxylic acids is 9. The number of ether oxygens (including phenoxy) is 6. The van der Waals surface area contributed by atoms with E-state index in [9.17, 15) is 53.1 Å². The first kappa shape index (κ1) is 82.9. The van der Waals surface area contributed by atoms with E-state index >= 15 is 0 Å². The average Bonchev–Trinajstić information content (AvgIpc) is 0.776. The Morgan fingerprint density at radius 2 is 1.44 bits per heavy atom. The summed E-state index contributed by atoms with van der Waals surface area (Å²) in [6.07, 6.45) is 9.93. The molecular weight excluding hydrogens is 1460 g/mol. The van der Waals surface area contributed by atoms with Gasteiger partial charge in [0.1, 0.15) is 24.5 Å². The van der Waals surface area contributed by atoms with Gasteiger partial charge in [-0.25, -0.2) is 29.3 Å². The topological polar surface area (TPSA) is 403 Å². The molecule has 112 heavy (non-hydrogen) atoms. The molecule has 0 radical (unpaired) electrons. The van der Waals surface area contributed by atoms with Crippen LogP contribution in [0.25, 0.3) is 21.3 Å². The normalized spacial score (nSPS) is 20.0. The lowest BCUT2D eigenvalue weighted by atomic mass is 9.39. The second-order valence-electron chi connectivity index (χ2n) is 30.8. The summed E-state index contributed by atoms with van der Waals surface area (Å²) >= 11 is 1.41. The Balaban J connectivity index is 0.606. The number of anilines is 3. The number of nitrogens with zero attached hydrogens (tertiary/aromatic N) is 8. The summed E-state index contributed by atoms with van der Waals surface area (Å²) in [4.78, 5) is 145. The lowest BCUT2D eigenvalue weighted by Crippen LogP contribution is -2.64. The fourth-order valence-electron chi connectivity index (χ4n) is 17.2. The molecule has 600 valence electrons. The van der Waals surface area contributed by atoms with E-state index in [0.29, 0.717) is 78.9 Å². The van der Waals surface area contributed by atoms with Crippen molar-refractivity contribution in [3.8, 4) is 11.1 Å². The largest absolute Gasteiger partial charge is 0.476 e. The number of primary amides is 1. The number of likely N-dealkylation sites (N-methyl/N-ethyl adjacent to an activating group) is 1. The Morgan fingerprint density at radius 3 is 2.11 bits per heavy atom. The predicted molar refractivity (Wildman–Crippen MR) is 416 cm³/mol. The molecule has 4 fully saturated rings. The summed E-state index contributed by atoms with van der Waals surface area (Å²) in [5, 5.41) is 27.3. The fourth-order valence-corrected chi connectivity index (χ4v) is 18.1. The highest BCUT2D eigenvalue weighted by Gasteiger charge is 2.66. The van der Waals surface area contributed by atoms with E-state index in [0.717, 1.165) is 75.4 Å². The van der Waals surface area contributed by atoms with Crippen LogP contribution >= 0.6 is 11.3 Å². The van der Waals surface area contributed by atoms with Crippen molar-refractivity contribution in [1.82, 2.24) is 45.5 Å². The molecule has 2 unspecified atom stereocenters. The zero-order chi connectivity index (χ0) is 79.9. The smallest absolute Gasteiger partial charge is 0.409 e. The number of pyridine rings is 1. The van der Waals surface area contributed by atoms with Gasteiger partial charge in [0.15, 0.2) is 10.8 Å². The van der Waals surface area contributed by atoms with Crippen LogP contribution in [0.2, 0.25) is 0 Å². The number of fused-ring (bicyclic) bond motifs is 2. The number of imide groups is 2. The number of thiazole rings is 1. The number of para-hydroxylation sites is 1. The van der Waals surface area contributed by atoms with Crippen LogP contribution < -0.4 is 42.5 Å². The third kappa shape index (κ3) is 20.8. The van der Waals surface area contributed by atoms with Gasteiger partial charge in [0.2, 0.25) is 17.7 Å². The maximum Gasteiger partial charge on any atom is 0.409 e. The number of nitrogens with one attached hydrogen (secondary N) is 4. The van der Waals surface area contributed by atoms with E-state index in [1.807, 2.05) is 65.0 Å². The van der Waals surface area contributed by atoms with Crippen molar-refractivity contribution in [3.63, 3.8) is 0 Å². The summed E-state index contributed by atoms with van der Waals surface area (Å²) in [5.74, 6) is -4.50. The maximum absolute atomic E-state index is 14.2. The highest BCUT2D eigenvalue weighted by Crippen LogP contribution is 2.72. The van der Waals surface area contributed by atoms with Crippen molar-refractivity contribution in [1.29, 1.82) is 0 Å². The second-order valence-corrected chi connectivity index (χ2v) is 31.9. The molecule has 4 bridgehead atoms. The Morgan fingerprint density at radius 1 is 0.750 bits per heavy atom. The van der Waals surface area contributed by atoms with Gasteiger partial charge in [-0.05, 0) is 153 Å². The zero-order valence-electron chi connectivity index (χ0n) is 64.4. The van der Waals surface area contributed by atoms with Gasteiger partial charge in [-0.3, -0.25) is 48.5 Å². The van der Waals surface area contributed by atoms with Crippen molar-refractivity contribution < 1.29 is 81.5 Å². The molecule has 0 saturated heterocycles. The third-order valence-corrected chi connectivity index (χ3v) is 22.3. The highest BCUT2D eigenvalue weighted by atomic mass is 32.1. The number of carbonyl (C=O) groups is 10. The van der Waals surface area contributed by atoms with Crippen molar-refractivity contribution in [2.45, 2.75) is 143 Å². The minimum absolute atomic E-state index is 0.00563. The number of amides is 10. The zero-order valence-corrected chi connectivity index (χ0v) is 65.2. The number of aromatic carboxylic acids is 1. The number of carboxylic acid groups (broad SMARTS) is 1. The van der Waals surface area contributed by atoms with E-state index in [1.165, 1.54) is 40.5 Å². The molecule has 4 atom stereocenters. The SMILES string of the molecule is Cc1c(-c2ccc(N3CCc4cccc(C(=O)Nc5nc6ccccc6s5)c4C3)nc2C(=O)O)cnn1CC12CC3(C)CC(C)(C1)CC(OCCN(C)C(=O)OCc1ccc(N(C(N)=O)C(=O)[C@H](CCCN)NC(=O)[C@@H](NC(=O)CCOCCOCCOCCOCCNC(=O)CCN4C(=O)C=CC4=O)C(C)C)cc1)(C3)C2. The molecule has 0 spiro atoms. The van der Waals surface area contributed by atoms with Crippen LogP contribution in [0.1, 0.15) is 135 Å². The molecule has 12 rings (SSSR count). The minimum atomic E-state index is -1.26. The molecule has 10 amide bonds. The number of hydrogen-bond donors (Lipinski definition) is 7. The number of aromatic nitrogens is 4. The molecule has 6 aliphatic rings. The number of rotatable bonds is 40. The molecule has 31 nitrogen and oxygen atoms in total. The van der Waals surface area contributed by atoms with Crippen molar-refractivity contribution in [2.24, 2.45) is 33.6 Å². The summed E-state index contributed by atoms with van der Waals surface area (Å²) < 4.78 is 37.8. The van der Waals surface area contributed by atoms with Gasteiger partial charge in [0.25, 0.3) is 23.6 Å². The van der Waals surface area contributed by atoms with Crippen LogP contribution in [-0.4, -0.2) is 211 Å². The molecule has 4 saturated carbocycles. The van der Waals surface area contributed by atoms with E-state index < -0.39 is 71.2 Å². The van der Waals surface area contributed by atoms with Gasteiger partial charge in [0.05, 0.1) is 87.2 Å². The second kappa shape index (κ2) is 37.0. The highest BCUT2D eigenvalue weighted by molar-refractivity contribution is 7.22. The minimum Gasteiger partial charge on any atom is -0.476 e.